The van der Waals surface area contributed by atoms with Crippen LogP contribution in [0.15, 0.2) is 54.6 Å². The molecule has 1 aliphatic rings. The summed E-state index contributed by atoms with van der Waals surface area (Å²) in [5.41, 5.74) is 5.19. The molecule has 1 amide bonds. The summed E-state index contributed by atoms with van der Waals surface area (Å²) in [5, 5.41) is 1.22. The van der Waals surface area contributed by atoms with Crippen LogP contribution in [-0.4, -0.2) is 28.9 Å². The summed E-state index contributed by atoms with van der Waals surface area (Å²) in [6.07, 6.45) is 2.91. The molecule has 0 saturated heterocycles. The Kier molecular flexibility index (Phi) is 3.88. The molecule has 1 aromatic heterocycles. The molecule has 0 aliphatic carbocycles. The number of para-hydroxylation sites is 1. The van der Waals surface area contributed by atoms with Gasteiger partial charge in [-0.15, -0.1) is 0 Å². The molecule has 0 atom stereocenters. The van der Waals surface area contributed by atoms with Gasteiger partial charge in [-0.3, -0.25) is 4.79 Å². The van der Waals surface area contributed by atoms with Crippen molar-refractivity contribution in [2.75, 3.05) is 13.1 Å². The van der Waals surface area contributed by atoms with Crippen LogP contribution >= 0.6 is 0 Å². The Bertz CT molecular complexity index is 986. The molecular formula is C21H19FN2O. The van der Waals surface area contributed by atoms with E-state index in [-0.39, 0.29) is 11.7 Å². The Hall–Kier alpha value is -2.88. The van der Waals surface area contributed by atoms with Gasteiger partial charge >= 0.3 is 0 Å². The number of aromatic amines is 1. The van der Waals surface area contributed by atoms with E-state index in [9.17, 15) is 9.18 Å². The fourth-order valence-corrected chi connectivity index (χ4v) is 3.58. The normalized spacial score (nSPS) is 14.6. The van der Waals surface area contributed by atoms with Gasteiger partial charge in [0, 0.05) is 40.8 Å². The van der Waals surface area contributed by atoms with Crippen LogP contribution in [0.1, 0.15) is 28.0 Å². The van der Waals surface area contributed by atoms with E-state index in [4.69, 9.17) is 0 Å². The number of carbonyl (C=O) groups is 1. The SMILES string of the molecule is Cc1[nH]c2ccccc2c1C1=CCN(C(=O)c2cccc(F)c2)CC1. The predicted molar refractivity (Wildman–Crippen MR) is 97.9 cm³/mol. The fraction of sp³-hybridized carbons (Fsp3) is 0.190. The van der Waals surface area contributed by atoms with Gasteiger partial charge in [0.15, 0.2) is 0 Å². The van der Waals surface area contributed by atoms with E-state index in [2.05, 4.69) is 30.1 Å². The highest BCUT2D eigenvalue weighted by atomic mass is 19.1. The van der Waals surface area contributed by atoms with Gasteiger partial charge in [0.05, 0.1) is 0 Å². The zero-order valence-electron chi connectivity index (χ0n) is 14.1. The van der Waals surface area contributed by atoms with Crippen LogP contribution in [0, 0.1) is 12.7 Å². The highest BCUT2D eigenvalue weighted by Crippen LogP contribution is 2.32. The minimum absolute atomic E-state index is 0.120. The van der Waals surface area contributed by atoms with Gasteiger partial charge < -0.3 is 9.88 Å². The van der Waals surface area contributed by atoms with Crippen molar-refractivity contribution < 1.29 is 9.18 Å². The number of hydrogen-bond donors (Lipinski definition) is 1. The highest BCUT2D eigenvalue weighted by molar-refractivity contribution is 5.97. The Labute approximate surface area is 145 Å². The number of carbonyl (C=O) groups excluding carboxylic acids is 1. The van der Waals surface area contributed by atoms with Gasteiger partial charge in [-0.2, -0.15) is 0 Å². The van der Waals surface area contributed by atoms with Crippen molar-refractivity contribution >= 4 is 22.4 Å². The van der Waals surface area contributed by atoms with Crippen LogP contribution in [0.2, 0.25) is 0 Å². The first-order valence-corrected chi connectivity index (χ1v) is 8.45. The van der Waals surface area contributed by atoms with Crippen molar-refractivity contribution in [3.05, 3.63) is 77.2 Å². The number of amides is 1. The third-order valence-electron chi connectivity index (χ3n) is 4.78. The molecule has 126 valence electrons. The van der Waals surface area contributed by atoms with Crippen molar-refractivity contribution in [3.63, 3.8) is 0 Å². The van der Waals surface area contributed by atoms with Crippen molar-refractivity contribution in [2.45, 2.75) is 13.3 Å². The summed E-state index contributed by atoms with van der Waals surface area (Å²) in [4.78, 5) is 17.7. The molecule has 2 aromatic carbocycles. The maximum Gasteiger partial charge on any atom is 0.254 e. The average molecular weight is 334 g/mol. The summed E-state index contributed by atoms with van der Waals surface area (Å²) in [5.74, 6) is -0.501. The molecule has 1 aliphatic heterocycles. The molecule has 25 heavy (non-hydrogen) atoms. The maximum absolute atomic E-state index is 13.3. The second-order valence-electron chi connectivity index (χ2n) is 6.41. The Morgan fingerprint density at radius 2 is 2.00 bits per heavy atom. The first-order chi connectivity index (χ1) is 12.1. The van der Waals surface area contributed by atoms with Gasteiger partial charge in [-0.1, -0.05) is 30.3 Å². The molecule has 3 nitrogen and oxygen atoms in total. The number of fused-ring (bicyclic) bond motifs is 1. The maximum atomic E-state index is 13.3. The van der Waals surface area contributed by atoms with Gasteiger partial charge in [0.1, 0.15) is 5.82 Å². The molecule has 0 saturated carbocycles. The summed E-state index contributed by atoms with van der Waals surface area (Å²) < 4.78 is 13.3. The van der Waals surface area contributed by atoms with E-state index in [1.54, 1.807) is 17.0 Å². The molecule has 0 radical (unpaired) electrons. The first kappa shape index (κ1) is 15.6. The summed E-state index contributed by atoms with van der Waals surface area (Å²) in [6, 6.07) is 14.2. The lowest BCUT2D eigenvalue weighted by molar-refractivity contribution is 0.0772. The van der Waals surface area contributed by atoms with Crippen molar-refractivity contribution in [2.24, 2.45) is 0 Å². The molecule has 0 unspecified atom stereocenters. The number of hydrogen-bond acceptors (Lipinski definition) is 1. The van der Waals surface area contributed by atoms with Crippen LogP contribution in [0.4, 0.5) is 4.39 Å². The summed E-state index contributed by atoms with van der Waals surface area (Å²) in [7, 11) is 0. The van der Waals surface area contributed by atoms with Crippen molar-refractivity contribution in [3.8, 4) is 0 Å². The lowest BCUT2D eigenvalue weighted by Crippen LogP contribution is -2.34. The lowest BCUT2D eigenvalue weighted by atomic mass is 9.96. The van der Waals surface area contributed by atoms with Gasteiger partial charge in [-0.05, 0) is 43.2 Å². The summed E-state index contributed by atoms with van der Waals surface area (Å²) >= 11 is 0. The highest BCUT2D eigenvalue weighted by Gasteiger charge is 2.21. The number of benzene rings is 2. The Morgan fingerprint density at radius 1 is 1.16 bits per heavy atom. The van der Waals surface area contributed by atoms with Gasteiger partial charge in [0.2, 0.25) is 0 Å². The zero-order valence-corrected chi connectivity index (χ0v) is 14.1. The van der Waals surface area contributed by atoms with Crippen LogP contribution in [0.25, 0.3) is 16.5 Å². The number of nitrogens with one attached hydrogen (secondary N) is 1. The number of aromatic nitrogens is 1. The topological polar surface area (TPSA) is 36.1 Å². The van der Waals surface area contributed by atoms with Crippen molar-refractivity contribution in [1.29, 1.82) is 0 Å². The van der Waals surface area contributed by atoms with E-state index in [0.29, 0.717) is 18.7 Å². The minimum Gasteiger partial charge on any atom is -0.358 e. The molecular weight excluding hydrogens is 315 g/mol. The predicted octanol–water partition coefficient (Wildman–Crippen LogP) is 4.54. The Balaban J connectivity index is 1.60. The minimum atomic E-state index is -0.381. The molecule has 4 rings (SSSR count). The van der Waals surface area contributed by atoms with Crippen LogP contribution < -0.4 is 0 Å². The zero-order chi connectivity index (χ0) is 17.4. The van der Waals surface area contributed by atoms with E-state index in [1.165, 1.54) is 28.7 Å². The third-order valence-corrected chi connectivity index (χ3v) is 4.78. The van der Waals surface area contributed by atoms with Gasteiger partial charge in [0.25, 0.3) is 5.91 Å². The fourth-order valence-electron chi connectivity index (χ4n) is 3.58. The number of halogens is 1. The first-order valence-electron chi connectivity index (χ1n) is 8.45. The molecule has 1 N–H and O–H groups in total. The number of nitrogens with zero attached hydrogens (tertiary/aromatic N) is 1. The van der Waals surface area contributed by atoms with E-state index in [1.807, 2.05) is 12.1 Å². The van der Waals surface area contributed by atoms with Crippen LogP contribution in [0.3, 0.4) is 0 Å². The van der Waals surface area contributed by atoms with Gasteiger partial charge in [-0.25, -0.2) is 4.39 Å². The average Bonchev–Trinajstić information content (AvgIpc) is 2.97. The molecule has 0 spiro atoms. The molecule has 4 heteroatoms. The second-order valence-corrected chi connectivity index (χ2v) is 6.41. The molecule has 0 fully saturated rings. The van der Waals surface area contributed by atoms with E-state index < -0.39 is 0 Å². The van der Waals surface area contributed by atoms with Crippen LogP contribution in [0.5, 0.6) is 0 Å². The molecule has 3 aromatic rings. The van der Waals surface area contributed by atoms with Crippen molar-refractivity contribution in [1.82, 2.24) is 9.88 Å². The van der Waals surface area contributed by atoms with Crippen LogP contribution in [-0.2, 0) is 0 Å². The quantitative estimate of drug-likeness (QED) is 0.733. The number of rotatable bonds is 2. The Morgan fingerprint density at radius 3 is 2.76 bits per heavy atom. The van der Waals surface area contributed by atoms with E-state index >= 15 is 0 Å². The lowest BCUT2D eigenvalue weighted by Gasteiger charge is -2.27. The molecule has 0 bridgehead atoms. The second kappa shape index (κ2) is 6.20. The smallest absolute Gasteiger partial charge is 0.254 e. The van der Waals surface area contributed by atoms with E-state index in [0.717, 1.165) is 17.6 Å². The third kappa shape index (κ3) is 2.84. The number of H-pyrrole nitrogens is 1. The molecule has 2 heterocycles. The largest absolute Gasteiger partial charge is 0.358 e. The number of aryl methyl sites for hydroxylation is 1. The summed E-state index contributed by atoms with van der Waals surface area (Å²) in [6.45, 7) is 3.27. The standard InChI is InChI=1S/C21H19FN2O/c1-14-20(18-7-2-3-8-19(18)23-14)15-9-11-24(12-10-15)21(25)16-5-4-6-17(22)13-16/h2-9,13,23H,10-12H2,1H3. The monoisotopic (exact) mass is 334 g/mol.